The van der Waals surface area contributed by atoms with E-state index in [9.17, 15) is 28.1 Å². The summed E-state index contributed by atoms with van der Waals surface area (Å²) in [6, 6.07) is 0.945. The zero-order valence-electron chi connectivity index (χ0n) is 9.16. The predicted molar refractivity (Wildman–Crippen MR) is 58.8 cm³/mol. The van der Waals surface area contributed by atoms with Crippen LogP contribution in [0.4, 0.5) is 23.7 Å². The Morgan fingerprint density at radius 2 is 2.00 bits per heavy atom. The molecule has 6 nitrogen and oxygen atoms in total. The number of benzene rings is 1. The fraction of sp³-hybridized carbons (Fsp3) is 0.222. The van der Waals surface area contributed by atoms with Crippen LogP contribution in [0.2, 0.25) is 0 Å². The van der Waals surface area contributed by atoms with E-state index in [1.807, 2.05) is 0 Å². The molecule has 10 heteroatoms. The second-order valence-corrected chi connectivity index (χ2v) is 3.97. The highest BCUT2D eigenvalue weighted by molar-refractivity contribution is 9.10. The Morgan fingerprint density at radius 1 is 1.42 bits per heavy atom. The van der Waals surface area contributed by atoms with Crippen LogP contribution in [0.15, 0.2) is 16.6 Å². The van der Waals surface area contributed by atoms with Gasteiger partial charge in [-0.15, -0.1) is 0 Å². The Hall–Kier alpha value is -1.84. The molecule has 0 unspecified atom stereocenters. The van der Waals surface area contributed by atoms with E-state index in [0.717, 1.165) is 7.11 Å². The summed E-state index contributed by atoms with van der Waals surface area (Å²) in [4.78, 5) is 20.2. The largest absolute Gasteiger partial charge is 0.513 e. The van der Waals surface area contributed by atoms with Crippen LogP contribution in [0.25, 0.3) is 0 Å². The maximum Gasteiger partial charge on any atom is 0.513 e. The standard InChI is InChI=1S/C9H5BrF3NO5/c1-18-8(15)19-7-3-6(14(16)17)4(2-5(7)10)9(11,12)13/h2-3H,1H3. The summed E-state index contributed by atoms with van der Waals surface area (Å²) in [7, 11) is 0.981. The van der Waals surface area contributed by atoms with E-state index in [4.69, 9.17) is 0 Å². The highest BCUT2D eigenvalue weighted by Gasteiger charge is 2.39. The molecule has 0 spiro atoms. The Morgan fingerprint density at radius 3 is 2.42 bits per heavy atom. The average molecular weight is 344 g/mol. The van der Waals surface area contributed by atoms with Crippen molar-refractivity contribution < 1.29 is 32.4 Å². The Balaban J connectivity index is 3.37. The van der Waals surface area contributed by atoms with Gasteiger partial charge in [-0.2, -0.15) is 13.2 Å². The quantitative estimate of drug-likeness (QED) is 0.355. The van der Waals surface area contributed by atoms with Crippen LogP contribution >= 0.6 is 15.9 Å². The molecule has 0 saturated carbocycles. The summed E-state index contributed by atoms with van der Waals surface area (Å²) in [5.41, 5.74) is -2.68. The first-order valence-electron chi connectivity index (χ1n) is 4.47. The number of nitro groups is 1. The van der Waals surface area contributed by atoms with E-state index in [-0.39, 0.29) is 4.47 Å². The summed E-state index contributed by atoms with van der Waals surface area (Å²) in [5, 5.41) is 10.6. The molecule has 0 aliphatic heterocycles. The number of halogens is 4. The van der Waals surface area contributed by atoms with E-state index >= 15 is 0 Å². The van der Waals surface area contributed by atoms with E-state index in [1.165, 1.54) is 0 Å². The number of carbonyl (C=O) groups excluding carboxylic acids is 1. The molecule has 104 valence electrons. The first kappa shape index (κ1) is 15.2. The molecule has 1 aromatic carbocycles. The minimum absolute atomic E-state index is 0.268. The molecule has 0 radical (unpaired) electrons. The maximum atomic E-state index is 12.6. The molecular formula is C9H5BrF3NO5. The van der Waals surface area contributed by atoms with Gasteiger partial charge in [0.25, 0.3) is 5.69 Å². The van der Waals surface area contributed by atoms with Gasteiger partial charge in [0, 0.05) is 0 Å². The van der Waals surface area contributed by atoms with Crippen LogP contribution < -0.4 is 4.74 Å². The summed E-state index contributed by atoms with van der Waals surface area (Å²) >= 11 is 2.73. The Kier molecular flexibility index (Phi) is 4.35. The van der Waals surface area contributed by atoms with Gasteiger partial charge < -0.3 is 9.47 Å². The second-order valence-electron chi connectivity index (χ2n) is 3.11. The minimum atomic E-state index is -4.91. The number of rotatable bonds is 2. The van der Waals surface area contributed by atoms with Gasteiger partial charge in [0.1, 0.15) is 5.56 Å². The lowest BCUT2D eigenvalue weighted by molar-refractivity contribution is -0.388. The van der Waals surface area contributed by atoms with Crippen molar-refractivity contribution in [3.63, 3.8) is 0 Å². The minimum Gasteiger partial charge on any atom is -0.437 e. The van der Waals surface area contributed by atoms with Crippen molar-refractivity contribution in [3.05, 3.63) is 32.3 Å². The SMILES string of the molecule is COC(=O)Oc1cc([N+](=O)[O-])c(C(F)(F)F)cc1Br. The number of hydrogen-bond acceptors (Lipinski definition) is 5. The predicted octanol–water partition coefficient (Wildman–Crippen LogP) is 3.52. The lowest BCUT2D eigenvalue weighted by atomic mass is 10.1. The smallest absolute Gasteiger partial charge is 0.437 e. The van der Waals surface area contributed by atoms with Gasteiger partial charge in [-0.3, -0.25) is 10.1 Å². The van der Waals surface area contributed by atoms with Gasteiger partial charge >= 0.3 is 12.3 Å². The normalized spacial score (nSPS) is 11.0. The topological polar surface area (TPSA) is 78.7 Å². The highest BCUT2D eigenvalue weighted by atomic mass is 79.9. The van der Waals surface area contributed by atoms with Crippen molar-refractivity contribution in [1.82, 2.24) is 0 Å². The molecule has 0 saturated heterocycles. The summed E-state index contributed by atoms with van der Waals surface area (Å²) in [6.07, 6.45) is -6.12. The van der Waals surface area contributed by atoms with Crippen molar-refractivity contribution in [2.24, 2.45) is 0 Å². The van der Waals surface area contributed by atoms with E-state index in [0.29, 0.717) is 12.1 Å². The first-order valence-corrected chi connectivity index (χ1v) is 5.27. The molecule has 0 amide bonds. The number of nitro benzene ring substituents is 1. The molecular weight excluding hydrogens is 339 g/mol. The lowest BCUT2D eigenvalue weighted by Crippen LogP contribution is -2.12. The molecule has 0 N–H and O–H groups in total. The van der Waals surface area contributed by atoms with Gasteiger partial charge in [-0.05, 0) is 22.0 Å². The van der Waals surface area contributed by atoms with Crippen LogP contribution in [0.3, 0.4) is 0 Å². The number of methoxy groups -OCH3 is 1. The summed E-state index contributed by atoms with van der Waals surface area (Å²) in [5.74, 6) is -0.452. The maximum absolute atomic E-state index is 12.6. The molecule has 0 aliphatic rings. The number of alkyl halides is 3. The van der Waals surface area contributed by atoms with Crippen molar-refractivity contribution in [3.8, 4) is 5.75 Å². The Bertz CT molecular complexity index is 531. The zero-order chi connectivity index (χ0) is 14.8. The van der Waals surface area contributed by atoms with Crippen LogP contribution in [-0.2, 0) is 10.9 Å². The molecule has 0 bridgehead atoms. The number of carbonyl (C=O) groups is 1. The molecule has 0 aliphatic carbocycles. The fourth-order valence-electron chi connectivity index (χ4n) is 1.13. The number of nitrogens with zero attached hydrogens (tertiary/aromatic N) is 1. The average Bonchev–Trinajstić information content (AvgIpc) is 2.29. The molecule has 0 heterocycles. The van der Waals surface area contributed by atoms with Gasteiger partial charge in [0.15, 0.2) is 5.75 Å². The molecule has 1 aromatic rings. The van der Waals surface area contributed by atoms with Crippen molar-refractivity contribution >= 4 is 27.8 Å². The third kappa shape index (κ3) is 3.56. The Labute approximate surface area is 112 Å². The van der Waals surface area contributed by atoms with Crippen LogP contribution in [-0.4, -0.2) is 18.2 Å². The molecule has 0 fully saturated rings. The van der Waals surface area contributed by atoms with Gasteiger partial charge in [-0.1, -0.05) is 0 Å². The molecule has 19 heavy (non-hydrogen) atoms. The highest BCUT2D eigenvalue weighted by Crippen LogP contribution is 2.41. The van der Waals surface area contributed by atoms with Crippen LogP contribution in [0.5, 0.6) is 5.75 Å². The third-order valence-electron chi connectivity index (χ3n) is 1.91. The van der Waals surface area contributed by atoms with Crippen LogP contribution in [0.1, 0.15) is 5.56 Å². The molecule has 0 aromatic heterocycles. The zero-order valence-corrected chi connectivity index (χ0v) is 10.7. The van der Waals surface area contributed by atoms with E-state index in [2.05, 4.69) is 25.4 Å². The third-order valence-corrected chi connectivity index (χ3v) is 2.53. The van der Waals surface area contributed by atoms with Gasteiger partial charge in [0.05, 0.1) is 22.6 Å². The first-order chi connectivity index (χ1) is 8.66. The summed E-state index contributed by atoms with van der Waals surface area (Å²) < 4.78 is 46.1. The van der Waals surface area contributed by atoms with E-state index in [1.54, 1.807) is 0 Å². The number of hydrogen-bond donors (Lipinski definition) is 0. The molecule has 1 rings (SSSR count). The van der Waals surface area contributed by atoms with Crippen LogP contribution in [0, 0.1) is 10.1 Å². The van der Waals surface area contributed by atoms with Gasteiger partial charge in [0.2, 0.25) is 0 Å². The van der Waals surface area contributed by atoms with Crippen molar-refractivity contribution in [2.45, 2.75) is 6.18 Å². The van der Waals surface area contributed by atoms with Crippen molar-refractivity contribution in [1.29, 1.82) is 0 Å². The van der Waals surface area contributed by atoms with Gasteiger partial charge in [-0.25, -0.2) is 4.79 Å². The second kappa shape index (κ2) is 5.43. The summed E-state index contributed by atoms with van der Waals surface area (Å²) in [6.45, 7) is 0. The number of ether oxygens (including phenoxy) is 2. The molecule has 0 atom stereocenters. The van der Waals surface area contributed by atoms with E-state index < -0.39 is 34.3 Å². The van der Waals surface area contributed by atoms with Crippen molar-refractivity contribution in [2.75, 3.05) is 7.11 Å². The monoisotopic (exact) mass is 343 g/mol. The fourth-order valence-corrected chi connectivity index (χ4v) is 1.55. The lowest BCUT2D eigenvalue weighted by Gasteiger charge is -2.10.